The zero-order valence-electron chi connectivity index (χ0n) is 19.9. The summed E-state index contributed by atoms with van der Waals surface area (Å²) in [5.74, 6) is -1.62. The van der Waals surface area contributed by atoms with E-state index >= 15 is 0 Å². The molecule has 0 saturated carbocycles. The van der Waals surface area contributed by atoms with E-state index < -0.39 is 27.0 Å². The Morgan fingerprint density at radius 3 is 1.76 bits per heavy atom. The number of ether oxygens (including phenoxy) is 2. The molecule has 178 valence electrons. The first-order chi connectivity index (χ1) is 15.3. The van der Waals surface area contributed by atoms with Crippen molar-refractivity contribution in [2.75, 3.05) is 13.2 Å². The topological polar surface area (TPSA) is 110 Å². The summed E-state index contributed by atoms with van der Waals surface area (Å²) in [6, 6.07) is 2.99. The molecule has 0 amide bonds. The minimum absolute atomic E-state index is 0. The monoisotopic (exact) mass is 504 g/mol. The van der Waals surface area contributed by atoms with Crippen LogP contribution in [0.2, 0.25) is 0 Å². The second-order valence-corrected chi connectivity index (χ2v) is 8.65. The van der Waals surface area contributed by atoms with E-state index in [-0.39, 0.29) is 75.7 Å². The first kappa shape index (κ1) is 32.2. The van der Waals surface area contributed by atoms with Crippen molar-refractivity contribution in [1.82, 2.24) is 0 Å². The molecule has 0 aliphatic rings. The number of benzene rings is 1. The van der Waals surface area contributed by atoms with E-state index in [0.717, 1.165) is 56.7 Å². The smallest absolute Gasteiger partial charge is 0.744 e. The minimum atomic E-state index is -4.79. The van der Waals surface area contributed by atoms with Crippen molar-refractivity contribution >= 4 is 22.1 Å². The number of rotatable bonds is 15. The summed E-state index contributed by atoms with van der Waals surface area (Å²) in [6.07, 6.45) is 15.0. The molecule has 1 aromatic rings. The molecule has 1 aromatic carbocycles. The molecular weight excluding hydrogens is 471 g/mol. The fourth-order valence-corrected chi connectivity index (χ4v) is 3.42. The number of allylic oxidation sites excluding steroid dienone is 4. The van der Waals surface area contributed by atoms with Crippen LogP contribution in [0.4, 0.5) is 0 Å². The summed E-state index contributed by atoms with van der Waals surface area (Å²) in [4.78, 5) is 24.4. The van der Waals surface area contributed by atoms with Crippen molar-refractivity contribution in [1.29, 1.82) is 0 Å². The predicted molar refractivity (Wildman–Crippen MR) is 122 cm³/mol. The summed E-state index contributed by atoms with van der Waals surface area (Å²) in [6.45, 7) is 4.21. The van der Waals surface area contributed by atoms with Gasteiger partial charge in [-0.05, 0) is 83.4 Å². The number of hydrogen-bond donors (Lipinski definition) is 0. The molecule has 0 radical (unpaired) electrons. The molecule has 0 heterocycles. The summed E-state index contributed by atoms with van der Waals surface area (Å²) in [5.41, 5.74) is -0.404. The van der Waals surface area contributed by atoms with Gasteiger partial charge in [-0.3, -0.25) is 0 Å². The average molecular weight is 505 g/mol. The van der Waals surface area contributed by atoms with Crippen LogP contribution in [-0.4, -0.2) is 38.1 Å². The van der Waals surface area contributed by atoms with Gasteiger partial charge in [0.15, 0.2) is 0 Å². The van der Waals surface area contributed by atoms with Crippen molar-refractivity contribution in [2.45, 2.75) is 70.1 Å². The Bertz CT molecular complexity index is 892. The van der Waals surface area contributed by atoms with Crippen LogP contribution < -0.4 is 51.4 Å². The van der Waals surface area contributed by atoms with Crippen LogP contribution in [0.25, 0.3) is 0 Å². The van der Waals surface area contributed by atoms with Crippen LogP contribution in [0.15, 0.2) is 47.4 Å². The molecule has 0 saturated heterocycles. The van der Waals surface area contributed by atoms with Gasteiger partial charge in [-0.15, -0.1) is 0 Å². The maximum atomic E-state index is 12.5. The zero-order valence-corrected chi connectivity index (χ0v) is 23.8. The third kappa shape index (κ3) is 13.6. The SMILES string of the molecule is C/C=C/CCCCCOC(=O)c1ccc(S(=O)(=O)[O-])cc1C(=O)OCCCCC/C=C/C.[K+]. The van der Waals surface area contributed by atoms with Crippen LogP contribution >= 0.6 is 0 Å². The van der Waals surface area contributed by atoms with Crippen molar-refractivity contribution in [3.05, 3.63) is 53.6 Å². The fraction of sp³-hybridized carbons (Fsp3) is 0.500. The molecule has 0 fully saturated rings. The van der Waals surface area contributed by atoms with E-state index in [9.17, 15) is 22.6 Å². The molecule has 1 rings (SSSR count). The van der Waals surface area contributed by atoms with E-state index in [1.54, 1.807) is 0 Å². The number of carbonyl (C=O) groups is 2. The van der Waals surface area contributed by atoms with Gasteiger partial charge in [-0.25, -0.2) is 18.0 Å². The Hall–Kier alpha value is -0.814. The van der Waals surface area contributed by atoms with Gasteiger partial charge in [0.05, 0.1) is 29.2 Å². The van der Waals surface area contributed by atoms with Crippen LogP contribution in [0.1, 0.15) is 85.9 Å². The van der Waals surface area contributed by atoms with Crippen molar-refractivity contribution in [3.63, 3.8) is 0 Å². The number of esters is 2. The van der Waals surface area contributed by atoms with Crippen molar-refractivity contribution in [2.24, 2.45) is 0 Å². The Balaban J connectivity index is 0.0000102. The Morgan fingerprint density at radius 2 is 1.30 bits per heavy atom. The predicted octanol–water partition coefficient (Wildman–Crippen LogP) is 2.18. The van der Waals surface area contributed by atoms with Gasteiger partial charge in [-0.2, -0.15) is 0 Å². The molecule has 7 nitrogen and oxygen atoms in total. The number of carbonyl (C=O) groups excluding carboxylic acids is 2. The van der Waals surface area contributed by atoms with Gasteiger partial charge >= 0.3 is 63.3 Å². The van der Waals surface area contributed by atoms with Crippen LogP contribution in [0.5, 0.6) is 0 Å². The summed E-state index contributed by atoms with van der Waals surface area (Å²) in [7, 11) is -4.79. The molecule has 0 aliphatic carbocycles. The normalized spacial score (nSPS) is 11.5. The second kappa shape index (κ2) is 18.5. The second-order valence-electron chi connectivity index (χ2n) is 7.27. The fourth-order valence-electron chi connectivity index (χ4n) is 2.93. The van der Waals surface area contributed by atoms with Gasteiger partial charge in [0.25, 0.3) is 0 Å². The molecular formula is C24H33KO7S. The molecule has 0 aromatic heterocycles. The first-order valence-electron chi connectivity index (χ1n) is 11.0. The minimum Gasteiger partial charge on any atom is -0.744 e. The molecule has 0 aliphatic heterocycles. The van der Waals surface area contributed by atoms with E-state index in [1.807, 2.05) is 26.0 Å². The largest absolute Gasteiger partial charge is 1.00 e. The third-order valence-corrected chi connectivity index (χ3v) is 5.52. The molecule has 33 heavy (non-hydrogen) atoms. The Labute approximate surface area is 240 Å². The Kier molecular flexibility index (Phi) is 18.0. The first-order valence-corrected chi connectivity index (χ1v) is 12.4. The summed E-state index contributed by atoms with van der Waals surface area (Å²) >= 11 is 0. The molecule has 9 heteroatoms. The van der Waals surface area contributed by atoms with E-state index in [4.69, 9.17) is 9.47 Å². The van der Waals surface area contributed by atoms with Gasteiger partial charge in [0, 0.05) is 0 Å². The van der Waals surface area contributed by atoms with Gasteiger partial charge in [0.1, 0.15) is 10.1 Å². The van der Waals surface area contributed by atoms with Crippen LogP contribution in [0.3, 0.4) is 0 Å². The van der Waals surface area contributed by atoms with E-state index in [1.165, 1.54) is 0 Å². The molecule has 0 bridgehead atoms. The zero-order chi connectivity index (χ0) is 23.8. The van der Waals surface area contributed by atoms with Gasteiger partial charge in [0.2, 0.25) is 0 Å². The average Bonchev–Trinajstić information content (AvgIpc) is 2.76. The van der Waals surface area contributed by atoms with E-state index in [2.05, 4.69) is 12.2 Å². The van der Waals surface area contributed by atoms with Gasteiger partial charge < -0.3 is 14.0 Å². The Morgan fingerprint density at radius 1 is 0.818 bits per heavy atom. The van der Waals surface area contributed by atoms with Gasteiger partial charge in [-0.1, -0.05) is 24.3 Å². The third-order valence-electron chi connectivity index (χ3n) is 4.69. The summed E-state index contributed by atoms with van der Waals surface area (Å²) < 4.78 is 44.5. The standard InChI is InChI=1S/C24H34O7S.K/c1-3-5-7-9-11-13-17-30-23(25)21-16-15-20(32(27,28)29)19-22(21)24(26)31-18-14-12-10-8-6-4-2;/h3-6,15-16,19H,7-14,17-18H2,1-2H3,(H,27,28,29);/q;+1/p-1/b5-3+,6-4+;. The van der Waals surface area contributed by atoms with Crippen LogP contribution in [0, 0.1) is 0 Å². The van der Waals surface area contributed by atoms with Crippen molar-refractivity contribution in [3.8, 4) is 0 Å². The molecule has 0 spiro atoms. The van der Waals surface area contributed by atoms with E-state index in [0.29, 0.717) is 12.8 Å². The maximum Gasteiger partial charge on any atom is 1.00 e. The quantitative estimate of drug-likeness (QED) is 0.118. The maximum absolute atomic E-state index is 12.5. The molecule has 0 atom stereocenters. The van der Waals surface area contributed by atoms with Crippen LogP contribution in [-0.2, 0) is 19.6 Å². The van der Waals surface area contributed by atoms with Crippen molar-refractivity contribution < 1.29 is 83.4 Å². The number of unbranched alkanes of at least 4 members (excludes halogenated alkanes) is 6. The summed E-state index contributed by atoms with van der Waals surface area (Å²) in [5, 5.41) is 0. The number of hydrogen-bond acceptors (Lipinski definition) is 7. The molecule has 0 unspecified atom stereocenters. The molecule has 0 N–H and O–H groups in total.